The summed E-state index contributed by atoms with van der Waals surface area (Å²) in [5, 5.41) is 3.44. The number of fused-ring (bicyclic) bond motifs is 1. The monoisotopic (exact) mass is 351 g/mol. The van der Waals surface area contributed by atoms with Gasteiger partial charge in [0.1, 0.15) is 17.5 Å². The summed E-state index contributed by atoms with van der Waals surface area (Å²) >= 11 is 0. The van der Waals surface area contributed by atoms with Crippen molar-refractivity contribution in [2.24, 2.45) is 0 Å². The van der Waals surface area contributed by atoms with Crippen LogP contribution in [0.5, 0.6) is 0 Å². The Labute approximate surface area is 153 Å². The minimum atomic E-state index is -0.101. The molecule has 0 saturated carbocycles. The molecule has 3 aromatic rings. The first-order chi connectivity index (χ1) is 12.5. The van der Waals surface area contributed by atoms with Crippen LogP contribution < -0.4 is 5.32 Å². The summed E-state index contributed by atoms with van der Waals surface area (Å²) in [6.45, 7) is 8.41. The number of imidazole rings is 1. The highest BCUT2D eigenvalue weighted by atomic mass is 16.5. The van der Waals surface area contributed by atoms with Crippen LogP contribution in [0.1, 0.15) is 37.1 Å². The minimum Gasteiger partial charge on any atom is -0.373 e. The molecular formula is C20H25N5O. The molecule has 1 fully saturated rings. The number of ether oxygens (including phenoxy) is 1. The summed E-state index contributed by atoms with van der Waals surface area (Å²) in [6, 6.07) is 10.2. The molecule has 1 atom stereocenters. The highest BCUT2D eigenvalue weighted by Crippen LogP contribution is 2.25. The Morgan fingerprint density at radius 3 is 2.85 bits per heavy atom. The van der Waals surface area contributed by atoms with Crippen LogP contribution in [-0.2, 0) is 11.3 Å². The molecule has 1 aliphatic rings. The maximum absolute atomic E-state index is 5.85. The van der Waals surface area contributed by atoms with E-state index in [0.717, 1.165) is 60.2 Å². The van der Waals surface area contributed by atoms with E-state index in [1.165, 1.54) is 0 Å². The third-order valence-corrected chi connectivity index (χ3v) is 5.00. The van der Waals surface area contributed by atoms with Gasteiger partial charge in [0, 0.05) is 19.2 Å². The van der Waals surface area contributed by atoms with Crippen molar-refractivity contribution in [2.75, 3.05) is 18.5 Å². The van der Waals surface area contributed by atoms with Crippen LogP contribution in [0.4, 0.5) is 5.82 Å². The SMILES string of the molecule is Cc1nc(Cn2c(C)nc3ccccc32)cc(NCC2(C)CCCO2)n1. The molecule has 0 spiro atoms. The number of aromatic nitrogens is 4. The van der Waals surface area contributed by atoms with Crippen molar-refractivity contribution in [2.45, 2.75) is 45.8 Å². The molecule has 26 heavy (non-hydrogen) atoms. The average molecular weight is 351 g/mol. The highest BCUT2D eigenvalue weighted by Gasteiger charge is 2.29. The van der Waals surface area contributed by atoms with E-state index in [9.17, 15) is 0 Å². The molecular weight excluding hydrogens is 326 g/mol. The molecule has 1 saturated heterocycles. The van der Waals surface area contributed by atoms with Gasteiger partial charge < -0.3 is 14.6 Å². The van der Waals surface area contributed by atoms with E-state index in [4.69, 9.17) is 4.74 Å². The van der Waals surface area contributed by atoms with Gasteiger partial charge in [-0.1, -0.05) is 12.1 Å². The molecule has 0 aliphatic carbocycles. The molecule has 1 unspecified atom stereocenters. The molecule has 1 N–H and O–H groups in total. The van der Waals surface area contributed by atoms with Crippen LogP contribution in [0, 0.1) is 13.8 Å². The number of anilines is 1. The number of benzene rings is 1. The lowest BCUT2D eigenvalue weighted by Crippen LogP contribution is -2.32. The molecule has 0 amide bonds. The smallest absolute Gasteiger partial charge is 0.130 e. The van der Waals surface area contributed by atoms with E-state index in [1.807, 2.05) is 38.1 Å². The maximum atomic E-state index is 5.85. The van der Waals surface area contributed by atoms with Gasteiger partial charge in [0.05, 0.1) is 28.9 Å². The fourth-order valence-electron chi connectivity index (χ4n) is 3.61. The summed E-state index contributed by atoms with van der Waals surface area (Å²) in [6.07, 6.45) is 2.20. The lowest BCUT2D eigenvalue weighted by molar-refractivity contribution is 0.0314. The predicted octanol–water partition coefficient (Wildman–Crippen LogP) is 3.47. The minimum absolute atomic E-state index is 0.101. The topological polar surface area (TPSA) is 64.9 Å². The zero-order valence-electron chi connectivity index (χ0n) is 15.6. The first kappa shape index (κ1) is 17.0. The summed E-state index contributed by atoms with van der Waals surface area (Å²) in [4.78, 5) is 13.8. The third-order valence-electron chi connectivity index (χ3n) is 5.00. The van der Waals surface area contributed by atoms with Crippen LogP contribution in [0.15, 0.2) is 30.3 Å². The normalized spacial score (nSPS) is 20.0. The Hall–Kier alpha value is -2.47. The molecule has 3 heterocycles. The molecule has 1 aliphatic heterocycles. The van der Waals surface area contributed by atoms with Crippen LogP contribution in [-0.4, -0.2) is 38.3 Å². The summed E-state index contributed by atoms with van der Waals surface area (Å²) < 4.78 is 8.05. The Morgan fingerprint density at radius 1 is 1.19 bits per heavy atom. The van der Waals surface area contributed by atoms with Gasteiger partial charge in [-0.25, -0.2) is 15.0 Å². The fraction of sp³-hybridized carbons (Fsp3) is 0.450. The molecule has 6 heteroatoms. The standard InChI is InChI=1S/C20H25N5O/c1-14-22-16(11-19(23-14)21-13-20(3)9-6-10-26-20)12-25-15(2)24-17-7-4-5-8-18(17)25/h4-5,7-8,11H,6,9-10,12-13H2,1-3H3,(H,21,22,23). The van der Waals surface area contributed by atoms with Crippen molar-refractivity contribution in [3.8, 4) is 0 Å². The quantitative estimate of drug-likeness (QED) is 0.762. The highest BCUT2D eigenvalue weighted by molar-refractivity contribution is 5.75. The molecule has 4 rings (SSSR count). The Balaban J connectivity index is 1.57. The summed E-state index contributed by atoms with van der Waals surface area (Å²) in [5.41, 5.74) is 3.02. The number of nitrogens with zero attached hydrogens (tertiary/aromatic N) is 4. The number of rotatable bonds is 5. The van der Waals surface area contributed by atoms with E-state index in [0.29, 0.717) is 6.54 Å². The number of hydrogen-bond donors (Lipinski definition) is 1. The van der Waals surface area contributed by atoms with Crippen molar-refractivity contribution < 1.29 is 4.74 Å². The van der Waals surface area contributed by atoms with Crippen molar-refractivity contribution in [3.63, 3.8) is 0 Å². The van der Waals surface area contributed by atoms with E-state index < -0.39 is 0 Å². The second-order valence-corrected chi connectivity index (χ2v) is 7.28. The van der Waals surface area contributed by atoms with Crippen molar-refractivity contribution in [1.29, 1.82) is 0 Å². The molecule has 6 nitrogen and oxygen atoms in total. The van der Waals surface area contributed by atoms with Crippen molar-refractivity contribution in [1.82, 2.24) is 19.5 Å². The van der Waals surface area contributed by atoms with Gasteiger partial charge in [0.25, 0.3) is 0 Å². The van der Waals surface area contributed by atoms with Gasteiger partial charge in [0.15, 0.2) is 0 Å². The number of nitrogens with one attached hydrogen (secondary N) is 1. The van der Waals surface area contributed by atoms with Gasteiger partial charge >= 0.3 is 0 Å². The molecule has 2 aromatic heterocycles. The Morgan fingerprint density at radius 2 is 2.04 bits per heavy atom. The molecule has 0 bridgehead atoms. The first-order valence-electron chi connectivity index (χ1n) is 9.17. The van der Waals surface area contributed by atoms with Gasteiger partial charge in [-0.15, -0.1) is 0 Å². The van der Waals surface area contributed by atoms with Crippen LogP contribution in [0.25, 0.3) is 11.0 Å². The van der Waals surface area contributed by atoms with Crippen LogP contribution in [0.3, 0.4) is 0 Å². The average Bonchev–Trinajstić information content (AvgIpc) is 3.17. The number of hydrogen-bond acceptors (Lipinski definition) is 5. The van der Waals surface area contributed by atoms with Crippen LogP contribution >= 0.6 is 0 Å². The van der Waals surface area contributed by atoms with Crippen molar-refractivity contribution in [3.05, 3.63) is 47.7 Å². The summed E-state index contributed by atoms with van der Waals surface area (Å²) in [7, 11) is 0. The summed E-state index contributed by atoms with van der Waals surface area (Å²) in [5.74, 6) is 2.61. The zero-order chi connectivity index (χ0) is 18.1. The van der Waals surface area contributed by atoms with Gasteiger partial charge in [-0.3, -0.25) is 0 Å². The van der Waals surface area contributed by atoms with Gasteiger partial charge in [0.2, 0.25) is 0 Å². The van der Waals surface area contributed by atoms with E-state index >= 15 is 0 Å². The predicted molar refractivity (Wildman–Crippen MR) is 102 cm³/mol. The number of para-hydroxylation sites is 2. The van der Waals surface area contributed by atoms with Crippen LogP contribution in [0.2, 0.25) is 0 Å². The molecule has 136 valence electrons. The second kappa shape index (κ2) is 6.68. The number of aryl methyl sites for hydroxylation is 2. The third kappa shape index (κ3) is 3.42. The Kier molecular flexibility index (Phi) is 4.36. The lowest BCUT2D eigenvalue weighted by atomic mass is 10.0. The largest absolute Gasteiger partial charge is 0.373 e. The van der Waals surface area contributed by atoms with Crippen molar-refractivity contribution >= 4 is 16.9 Å². The Bertz CT molecular complexity index is 927. The zero-order valence-corrected chi connectivity index (χ0v) is 15.6. The van der Waals surface area contributed by atoms with Gasteiger partial charge in [-0.2, -0.15) is 0 Å². The second-order valence-electron chi connectivity index (χ2n) is 7.28. The fourth-order valence-corrected chi connectivity index (χ4v) is 3.61. The van der Waals surface area contributed by atoms with E-state index in [2.05, 4.69) is 37.8 Å². The van der Waals surface area contributed by atoms with E-state index in [1.54, 1.807) is 0 Å². The van der Waals surface area contributed by atoms with E-state index in [-0.39, 0.29) is 5.60 Å². The van der Waals surface area contributed by atoms with Gasteiger partial charge in [-0.05, 0) is 45.7 Å². The first-order valence-corrected chi connectivity index (χ1v) is 9.17. The lowest BCUT2D eigenvalue weighted by Gasteiger charge is -2.23. The molecule has 0 radical (unpaired) electrons. The maximum Gasteiger partial charge on any atom is 0.130 e. The molecule has 1 aromatic carbocycles.